The molecule has 1 saturated heterocycles. The number of hydrogen-bond acceptors (Lipinski definition) is 4. The number of ether oxygens (including phenoxy) is 1. The zero-order valence-corrected chi connectivity index (χ0v) is 18.6. The van der Waals surface area contributed by atoms with E-state index in [1.54, 1.807) is 0 Å². The molecule has 6 heteroatoms. The highest BCUT2D eigenvalue weighted by molar-refractivity contribution is 6.30. The standard InChI is InChI=1S/C24H32ClN3O2/c1-19(27(2)16-17-30-23-10-8-21(25)9-11-23)24(29)26-22-12-14-28(15-13-22)18-20-6-4-3-5-7-20/h3-11,19,22H,12-18H2,1-2H3,(H,26,29). The van der Waals surface area contributed by atoms with Crippen LogP contribution in [0.5, 0.6) is 5.75 Å². The second kappa shape index (κ2) is 11.3. The van der Waals surface area contributed by atoms with E-state index in [9.17, 15) is 4.79 Å². The molecule has 1 amide bonds. The number of hydrogen-bond donors (Lipinski definition) is 1. The second-order valence-corrected chi connectivity index (χ2v) is 8.44. The van der Waals surface area contributed by atoms with Gasteiger partial charge in [-0.15, -0.1) is 0 Å². The molecule has 5 nitrogen and oxygen atoms in total. The molecule has 0 spiro atoms. The van der Waals surface area contributed by atoms with Crippen LogP contribution in [0.2, 0.25) is 5.02 Å². The van der Waals surface area contributed by atoms with Crippen molar-refractivity contribution in [3.8, 4) is 5.75 Å². The summed E-state index contributed by atoms with van der Waals surface area (Å²) in [5, 5.41) is 3.93. The second-order valence-electron chi connectivity index (χ2n) is 8.00. The third kappa shape index (κ3) is 7.01. The van der Waals surface area contributed by atoms with Gasteiger partial charge >= 0.3 is 0 Å². The van der Waals surface area contributed by atoms with Gasteiger partial charge in [0.15, 0.2) is 0 Å². The largest absolute Gasteiger partial charge is 0.492 e. The average molecular weight is 430 g/mol. The van der Waals surface area contributed by atoms with E-state index >= 15 is 0 Å². The normalized spacial score (nSPS) is 16.4. The van der Waals surface area contributed by atoms with Crippen LogP contribution in [0.25, 0.3) is 0 Å². The number of carbonyl (C=O) groups is 1. The molecule has 0 bridgehead atoms. The molecule has 1 N–H and O–H groups in total. The lowest BCUT2D eigenvalue weighted by molar-refractivity contribution is -0.126. The summed E-state index contributed by atoms with van der Waals surface area (Å²) in [5.41, 5.74) is 1.34. The highest BCUT2D eigenvalue weighted by atomic mass is 35.5. The number of carbonyl (C=O) groups excluding carboxylic acids is 1. The first-order chi connectivity index (χ1) is 14.5. The molecule has 1 unspecified atom stereocenters. The number of nitrogens with one attached hydrogen (secondary N) is 1. The zero-order chi connectivity index (χ0) is 21.3. The van der Waals surface area contributed by atoms with Crippen molar-refractivity contribution in [2.24, 2.45) is 0 Å². The highest BCUT2D eigenvalue weighted by Gasteiger charge is 2.24. The van der Waals surface area contributed by atoms with E-state index in [-0.39, 0.29) is 18.0 Å². The van der Waals surface area contributed by atoms with Crippen LogP contribution < -0.4 is 10.1 Å². The summed E-state index contributed by atoms with van der Waals surface area (Å²) >= 11 is 5.89. The van der Waals surface area contributed by atoms with Crippen LogP contribution >= 0.6 is 11.6 Å². The maximum atomic E-state index is 12.7. The van der Waals surface area contributed by atoms with Crippen LogP contribution in [0.15, 0.2) is 54.6 Å². The molecule has 0 saturated carbocycles. The lowest BCUT2D eigenvalue weighted by Gasteiger charge is -2.33. The predicted molar refractivity (Wildman–Crippen MR) is 122 cm³/mol. The van der Waals surface area contributed by atoms with Gasteiger partial charge in [0.05, 0.1) is 6.04 Å². The number of piperidine rings is 1. The van der Waals surface area contributed by atoms with E-state index in [1.165, 1.54) is 5.56 Å². The minimum atomic E-state index is -0.193. The lowest BCUT2D eigenvalue weighted by atomic mass is 10.0. The Morgan fingerprint density at radius 3 is 2.50 bits per heavy atom. The third-order valence-corrected chi connectivity index (χ3v) is 6.00. The molecule has 1 heterocycles. The summed E-state index contributed by atoms with van der Waals surface area (Å²) < 4.78 is 5.73. The minimum Gasteiger partial charge on any atom is -0.492 e. The van der Waals surface area contributed by atoms with Gasteiger partial charge in [-0.05, 0) is 56.6 Å². The fourth-order valence-corrected chi connectivity index (χ4v) is 3.76. The molecular formula is C24H32ClN3O2. The van der Waals surface area contributed by atoms with Crippen molar-refractivity contribution in [3.05, 3.63) is 65.2 Å². The number of benzene rings is 2. The van der Waals surface area contributed by atoms with Gasteiger partial charge in [-0.1, -0.05) is 41.9 Å². The Morgan fingerprint density at radius 2 is 1.83 bits per heavy atom. The van der Waals surface area contributed by atoms with E-state index in [2.05, 4.69) is 34.5 Å². The third-order valence-electron chi connectivity index (χ3n) is 5.75. The smallest absolute Gasteiger partial charge is 0.237 e. The van der Waals surface area contributed by atoms with E-state index in [0.717, 1.165) is 38.2 Å². The molecule has 0 aromatic heterocycles. The maximum absolute atomic E-state index is 12.7. The molecule has 2 aromatic rings. The number of likely N-dealkylation sites (tertiary alicyclic amines) is 1. The van der Waals surface area contributed by atoms with E-state index in [0.29, 0.717) is 18.2 Å². The van der Waals surface area contributed by atoms with Crippen LogP contribution in [-0.2, 0) is 11.3 Å². The molecule has 0 aliphatic carbocycles. The quantitative estimate of drug-likeness (QED) is 0.658. The van der Waals surface area contributed by atoms with Crippen molar-refractivity contribution in [2.45, 2.75) is 38.4 Å². The Hall–Kier alpha value is -2.08. The highest BCUT2D eigenvalue weighted by Crippen LogP contribution is 2.16. The number of halogens is 1. The van der Waals surface area contributed by atoms with Crippen LogP contribution in [0.4, 0.5) is 0 Å². The van der Waals surface area contributed by atoms with Gasteiger partial charge in [-0.2, -0.15) is 0 Å². The van der Waals surface area contributed by atoms with Crippen molar-refractivity contribution < 1.29 is 9.53 Å². The van der Waals surface area contributed by atoms with Gasteiger partial charge < -0.3 is 10.1 Å². The van der Waals surface area contributed by atoms with Gasteiger partial charge in [0.2, 0.25) is 5.91 Å². The molecule has 162 valence electrons. The van der Waals surface area contributed by atoms with E-state index < -0.39 is 0 Å². The summed E-state index contributed by atoms with van der Waals surface area (Å²) in [6, 6.07) is 17.9. The lowest BCUT2D eigenvalue weighted by Crippen LogP contribution is -2.50. The Kier molecular flexibility index (Phi) is 8.55. The van der Waals surface area contributed by atoms with Crippen molar-refractivity contribution in [2.75, 3.05) is 33.3 Å². The van der Waals surface area contributed by atoms with Crippen LogP contribution in [0.1, 0.15) is 25.3 Å². The van der Waals surface area contributed by atoms with Crippen molar-refractivity contribution >= 4 is 17.5 Å². The minimum absolute atomic E-state index is 0.0884. The topological polar surface area (TPSA) is 44.8 Å². The number of rotatable bonds is 9. The van der Waals surface area contributed by atoms with Crippen LogP contribution in [0.3, 0.4) is 0 Å². The monoisotopic (exact) mass is 429 g/mol. The van der Waals surface area contributed by atoms with Crippen molar-refractivity contribution in [3.63, 3.8) is 0 Å². The Bertz CT molecular complexity index is 777. The maximum Gasteiger partial charge on any atom is 0.237 e. The first-order valence-corrected chi connectivity index (χ1v) is 11.0. The summed E-state index contributed by atoms with van der Waals surface area (Å²) in [6.45, 7) is 6.15. The van der Waals surface area contributed by atoms with Gasteiger partial charge in [0.1, 0.15) is 12.4 Å². The van der Waals surface area contributed by atoms with Gasteiger partial charge in [0.25, 0.3) is 0 Å². The summed E-state index contributed by atoms with van der Waals surface area (Å²) in [4.78, 5) is 17.2. The Labute approximate surface area is 185 Å². The Morgan fingerprint density at radius 1 is 1.17 bits per heavy atom. The molecular weight excluding hydrogens is 398 g/mol. The van der Waals surface area contributed by atoms with Gasteiger partial charge in [-0.25, -0.2) is 0 Å². The van der Waals surface area contributed by atoms with E-state index in [1.807, 2.05) is 49.2 Å². The van der Waals surface area contributed by atoms with E-state index in [4.69, 9.17) is 16.3 Å². The number of likely N-dealkylation sites (N-methyl/N-ethyl adjacent to an activating group) is 1. The average Bonchev–Trinajstić information content (AvgIpc) is 2.76. The number of nitrogens with zero attached hydrogens (tertiary/aromatic N) is 2. The molecule has 30 heavy (non-hydrogen) atoms. The summed E-state index contributed by atoms with van der Waals surface area (Å²) in [7, 11) is 1.96. The first kappa shape index (κ1) is 22.6. The molecule has 0 radical (unpaired) electrons. The van der Waals surface area contributed by atoms with Crippen LogP contribution in [0, 0.1) is 0 Å². The molecule has 1 fully saturated rings. The zero-order valence-electron chi connectivity index (χ0n) is 17.9. The van der Waals surface area contributed by atoms with Crippen molar-refractivity contribution in [1.82, 2.24) is 15.1 Å². The molecule has 1 atom stereocenters. The fourth-order valence-electron chi connectivity index (χ4n) is 3.63. The SMILES string of the molecule is CC(C(=O)NC1CCN(Cc2ccccc2)CC1)N(C)CCOc1ccc(Cl)cc1. The molecule has 1 aliphatic heterocycles. The van der Waals surface area contributed by atoms with Gasteiger partial charge in [0, 0.05) is 37.2 Å². The van der Waals surface area contributed by atoms with Gasteiger partial charge in [-0.3, -0.25) is 14.6 Å². The predicted octanol–water partition coefficient (Wildman–Crippen LogP) is 3.82. The number of amides is 1. The molecule has 1 aliphatic rings. The summed E-state index contributed by atoms with van der Waals surface area (Å²) in [6.07, 6.45) is 1.99. The fraction of sp³-hybridized carbons (Fsp3) is 0.458. The molecule has 2 aromatic carbocycles. The first-order valence-electron chi connectivity index (χ1n) is 10.7. The van der Waals surface area contributed by atoms with Crippen LogP contribution in [-0.4, -0.2) is 61.1 Å². The molecule has 3 rings (SSSR count). The summed E-state index contributed by atoms with van der Waals surface area (Å²) in [5.74, 6) is 0.873. The Balaban J connectivity index is 1.35. The van der Waals surface area contributed by atoms with Crippen molar-refractivity contribution in [1.29, 1.82) is 0 Å².